The average Bonchev–Trinajstić information content (AvgIpc) is 2.98. The predicted octanol–water partition coefficient (Wildman–Crippen LogP) is 4.88. The molecule has 2 aliphatic heterocycles. The van der Waals surface area contributed by atoms with E-state index in [1.165, 1.54) is 11.1 Å². The highest BCUT2D eigenvalue weighted by Gasteiger charge is 2.46. The Morgan fingerprint density at radius 1 is 1.14 bits per heavy atom. The quantitative estimate of drug-likeness (QED) is 0.777. The Kier molecular flexibility index (Phi) is 4.98. The third-order valence-electron chi connectivity index (χ3n) is 6.19. The first-order chi connectivity index (χ1) is 13.5. The maximum atomic E-state index is 13.2. The van der Waals surface area contributed by atoms with E-state index in [-0.39, 0.29) is 11.4 Å². The van der Waals surface area contributed by atoms with Crippen molar-refractivity contribution >= 4 is 17.4 Å². The molecule has 0 unspecified atom stereocenters. The Morgan fingerprint density at radius 2 is 1.89 bits per heavy atom. The summed E-state index contributed by atoms with van der Waals surface area (Å²) in [5.74, 6) is 0. The molecule has 1 spiro atoms. The van der Waals surface area contributed by atoms with Gasteiger partial charge in [0.25, 0.3) is 0 Å². The van der Waals surface area contributed by atoms with Gasteiger partial charge in [0.05, 0.1) is 0 Å². The number of aryl methyl sites for hydroxylation is 2. The standard InChI is InChI=1S/C24H29N3O/c1-4-12-26-13-10-24(11-14-26)17-27(22-9-8-19(3)16-21(22)24)23(28)25-20-7-5-6-18(2)15-20/h4-9,15-16H,1,10-14,17H2,2-3H3,(H,25,28). The van der Waals surface area contributed by atoms with Crippen LogP contribution in [0.25, 0.3) is 0 Å². The van der Waals surface area contributed by atoms with Gasteiger partial charge in [0.15, 0.2) is 0 Å². The van der Waals surface area contributed by atoms with Crippen LogP contribution in [0.2, 0.25) is 0 Å². The molecule has 2 aromatic carbocycles. The van der Waals surface area contributed by atoms with E-state index in [4.69, 9.17) is 0 Å². The van der Waals surface area contributed by atoms with Crippen molar-refractivity contribution in [1.82, 2.24) is 4.90 Å². The lowest BCUT2D eigenvalue weighted by Crippen LogP contribution is -2.46. The summed E-state index contributed by atoms with van der Waals surface area (Å²) in [4.78, 5) is 17.5. The minimum Gasteiger partial charge on any atom is -0.308 e. The molecule has 4 nitrogen and oxygen atoms in total. The van der Waals surface area contributed by atoms with Crippen LogP contribution < -0.4 is 10.2 Å². The lowest BCUT2D eigenvalue weighted by atomic mass is 9.74. The fourth-order valence-electron chi connectivity index (χ4n) is 4.65. The summed E-state index contributed by atoms with van der Waals surface area (Å²) in [6.45, 7) is 11.8. The number of piperidine rings is 1. The van der Waals surface area contributed by atoms with E-state index in [1.807, 2.05) is 42.2 Å². The van der Waals surface area contributed by atoms with Gasteiger partial charge >= 0.3 is 6.03 Å². The Hall–Kier alpha value is -2.59. The molecule has 4 rings (SSSR count). The van der Waals surface area contributed by atoms with Gasteiger partial charge in [0, 0.05) is 29.9 Å². The molecular weight excluding hydrogens is 346 g/mol. The van der Waals surface area contributed by atoms with Crippen LogP contribution in [0.4, 0.5) is 16.2 Å². The number of likely N-dealkylation sites (tertiary alicyclic amines) is 1. The van der Waals surface area contributed by atoms with Gasteiger partial charge in [-0.2, -0.15) is 0 Å². The number of benzene rings is 2. The molecule has 1 fully saturated rings. The second kappa shape index (κ2) is 7.44. The monoisotopic (exact) mass is 375 g/mol. The van der Waals surface area contributed by atoms with Gasteiger partial charge in [0.1, 0.15) is 0 Å². The summed E-state index contributed by atoms with van der Waals surface area (Å²) in [6, 6.07) is 14.4. The van der Waals surface area contributed by atoms with Gasteiger partial charge in [-0.15, -0.1) is 6.58 Å². The van der Waals surface area contributed by atoms with Gasteiger partial charge in [0.2, 0.25) is 0 Å². The van der Waals surface area contributed by atoms with Crippen molar-refractivity contribution in [3.05, 3.63) is 71.8 Å². The molecule has 146 valence electrons. The summed E-state index contributed by atoms with van der Waals surface area (Å²) in [5.41, 5.74) is 5.70. The van der Waals surface area contributed by atoms with Crippen molar-refractivity contribution in [2.24, 2.45) is 0 Å². The number of nitrogens with zero attached hydrogens (tertiary/aromatic N) is 2. The fraction of sp³-hybridized carbons (Fsp3) is 0.375. The van der Waals surface area contributed by atoms with Crippen molar-refractivity contribution < 1.29 is 4.79 Å². The number of hydrogen-bond acceptors (Lipinski definition) is 2. The lowest BCUT2D eigenvalue weighted by Gasteiger charge is -2.39. The van der Waals surface area contributed by atoms with Gasteiger partial charge in [-0.05, 0) is 69.1 Å². The highest BCUT2D eigenvalue weighted by molar-refractivity contribution is 6.03. The minimum absolute atomic E-state index is 0.0406. The number of amides is 2. The summed E-state index contributed by atoms with van der Waals surface area (Å²) in [7, 11) is 0. The highest BCUT2D eigenvalue weighted by Crippen LogP contribution is 2.47. The second-order valence-corrected chi connectivity index (χ2v) is 8.28. The third kappa shape index (κ3) is 3.45. The molecule has 2 aliphatic rings. The lowest BCUT2D eigenvalue weighted by molar-refractivity contribution is 0.180. The number of fused-ring (bicyclic) bond motifs is 2. The summed E-state index contributed by atoms with van der Waals surface area (Å²) >= 11 is 0. The van der Waals surface area contributed by atoms with Crippen molar-refractivity contribution in [1.29, 1.82) is 0 Å². The maximum absolute atomic E-state index is 13.2. The van der Waals surface area contributed by atoms with E-state index in [2.05, 4.69) is 41.9 Å². The average molecular weight is 376 g/mol. The normalized spacial score (nSPS) is 18.1. The fourth-order valence-corrected chi connectivity index (χ4v) is 4.65. The van der Waals surface area contributed by atoms with E-state index in [0.717, 1.165) is 56.0 Å². The number of nitrogens with one attached hydrogen (secondary N) is 1. The molecule has 0 bridgehead atoms. The van der Waals surface area contributed by atoms with Crippen LogP contribution in [0.3, 0.4) is 0 Å². The van der Waals surface area contributed by atoms with Crippen LogP contribution in [-0.2, 0) is 5.41 Å². The molecule has 2 amide bonds. The minimum atomic E-state index is -0.0406. The van der Waals surface area contributed by atoms with E-state index in [0.29, 0.717) is 0 Å². The molecule has 0 radical (unpaired) electrons. The third-order valence-corrected chi connectivity index (χ3v) is 6.19. The molecule has 2 aromatic rings. The number of carbonyl (C=O) groups is 1. The maximum Gasteiger partial charge on any atom is 0.326 e. The van der Waals surface area contributed by atoms with Crippen LogP contribution in [0.5, 0.6) is 0 Å². The molecule has 1 saturated heterocycles. The van der Waals surface area contributed by atoms with E-state index >= 15 is 0 Å². The Balaban J connectivity index is 1.60. The molecule has 0 saturated carbocycles. The topological polar surface area (TPSA) is 35.6 Å². The van der Waals surface area contributed by atoms with Crippen molar-refractivity contribution in [2.45, 2.75) is 32.1 Å². The summed E-state index contributed by atoms with van der Waals surface area (Å²) in [6.07, 6.45) is 4.13. The number of hydrogen-bond donors (Lipinski definition) is 1. The van der Waals surface area contributed by atoms with Gasteiger partial charge in [-0.1, -0.05) is 35.9 Å². The van der Waals surface area contributed by atoms with E-state index < -0.39 is 0 Å². The zero-order valence-electron chi connectivity index (χ0n) is 16.9. The number of anilines is 2. The van der Waals surface area contributed by atoms with Crippen LogP contribution in [0.15, 0.2) is 55.1 Å². The molecule has 0 atom stereocenters. The van der Waals surface area contributed by atoms with Crippen molar-refractivity contribution in [3.63, 3.8) is 0 Å². The number of urea groups is 1. The number of carbonyl (C=O) groups excluding carboxylic acids is 1. The van der Waals surface area contributed by atoms with Gasteiger partial charge in [-0.25, -0.2) is 4.79 Å². The first kappa shape index (κ1) is 18.8. The van der Waals surface area contributed by atoms with E-state index in [1.54, 1.807) is 0 Å². The van der Waals surface area contributed by atoms with Crippen molar-refractivity contribution in [3.8, 4) is 0 Å². The second-order valence-electron chi connectivity index (χ2n) is 8.28. The van der Waals surface area contributed by atoms with E-state index in [9.17, 15) is 4.79 Å². The molecule has 2 heterocycles. The summed E-state index contributed by atoms with van der Waals surface area (Å²) in [5, 5.41) is 3.09. The van der Waals surface area contributed by atoms with Gasteiger partial charge in [-0.3, -0.25) is 9.80 Å². The zero-order valence-corrected chi connectivity index (χ0v) is 16.9. The number of rotatable bonds is 3. The Morgan fingerprint density at radius 3 is 2.61 bits per heavy atom. The SMILES string of the molecule is C=CCN1CCC2(CC1)CN(C(=O)Nc1cccc(C)c1)c1ccc(C)cc12. The summed E-state index contributed by atoms with van der Waals surface area (Å²) < 4.78 is 0. The molecule has 0 aromatic heterocycles. The van der Waals surface area contributed by atoms with Crippen molar-refractivity contribution in [2.75, 3.05) is 36.4 Å². The first-order valence-corrected chi connectivity index (χ1v) is 10.1. The van der Waals surface area contributed by atoms with Gasteiger partial charge < -0.3 is 5.32 Å². The van der Waals surface area contributed by atoms with Crippen LogP contribution in [0, 0.1) is 13.8 Å². The molecule has 0 aliphatic carbocycles. The Labute approximate surface area is 167 Å². The molecule has 4 heteroatoms. The van der Waals surface area contributed by atoms with Crippen LogP contribution in [0.1, 0.15) is 29.5 Å². The predicted molar refractivity (Wildman–Crippen MR) is 116 cm³/mol. The first-order valence-electron chi connectivity index (χ1n) is 10.1. The molecular formula is C24H29N3O. The van der Waals surface area contributed by atoms with Crippen LogP contribution in [-0.4, -0.2) is 37.1 Å². The molecule has 28 heavy (non-hydrogen) atoms. The smallest absolute Gasteiger partial charge is 0.308 e. The van der Waals surface area contributed by atoms with Crippen LogP contribution >= 0.6 is 0 Å². The largest absolute Gasteiger partial charge is 0.326 e. The highest BCUT2D eigenvalue weighted by atomic mass is 16.2. The Bertz CT molecular complexity index is 896. The zero-order chi connectivity index (χ0) is 19.7. The molecule has 1 N–H and O–H groups in total.